The Kier molecular flexibility index (Phi) is 4.79. The molecule has 0 atom stereocenters. The second-order valence-corrected chi connectivity index (χ2v) is 5.99. The van der Waals surface area contributed by atoms with Crippen LogP contribution in [0.2, 0.25) is 5.02 Å². The predicted octanol–water partition coefficient (Wildman–Crippen LogP) is 4.49. The van der Waals surface area contributed by atoms with Gasteiger partial charge in [-0.1, -0.05) is 11.6 Å². The first-order valence-electron chi connectivity index (χ1n) is 7.18. The molecule has 3 N–H and O–H groups in total. The van der Waals surface area contributed by atoms with Crippen molar-refractivity contribution >= 4 is 45.5 Å². The van der Waals surface area contributed by atoms with Crippen LogP contribution < -0.4 is 10.6 Å². The van der Waals surface area contributed by atoms with E-state index in [1.807, 2.05) is 24.4 Å². The summed E-state index contributed by atoms with van der Waals surface area (Å²) >= 11 is 11.3. The van der Waals surface area contributed by atoms with Crippen LogP contribution in [0.4, 0.5) is 10.1 Å². The van der Waals surface area contributed by atoms with Gasteiger partial charge in [0.25, 0.3) is 0 Å². The number of anilines is 1. The van der Waals surface area contributed by atoms with Crippen molar-refractivity contribution in [1.29, 1.82) is 0 Å². The quantitative estimate of drug-likeness (QED) is 0.609. The summed E-state index contributed by atoms with van der Waals surface area (Å²) in [6, 6.07) is 11.9. The molecule has 0 aliphatic carbocycles. The number of fused-ring (bicyclic) bond motifs is 1. The van der Waals surface area contributed by atoms with E-state index >= 15 is 0 Å². The van der Waals surface area contributed by atoms with Gasteiger partial charge >= 0.3 is 0 Å². The van der Waals surface area contributed by atoms with E-state index in [-0.39, 0.29) is 5.82 Å². The van der Waals surface area contributed by atoms with E-state index in [0.29, 0.717) is 11.7 Å². The number of thiocarbonyl (C=S) groups is 1. The second-order valence-electron chi connectivity index (χ2n) is 5.14. The first kappa shape index (κ1) is 15.8. The van der Waals surface area contributed by atoms with Gasteiger partial charge in [0, 0.05) is 34.4 Å². The molecular weight excluding hydrogens is 333 g/mol. The largest absolute Gasteiger partial charge is 0.362 e. The fourth-order valence-corrected chi connectivity index (χ4v) is 2.77. The molecule has 0 amide bonds. The summed E-state index contributed by atoms with van der Waals surface area (Å²) in [6.45, 7) is 0.687. The molecule has 3 aromatic rings. The standard InChI is InChI=1S/C17H15ClFN3S/c18-12-1-6-16-15(9-12)11(10-21-16)7-8-20-17(23)22-14-4-2-13(19)3-5-14/h1-6,9-10,21H,7-8H2,(H2,20,22,23). The SMILES string of the molecule is Fc1ccc(NC(=S)NCCc2c[nH]c3ccc(Cl)cc23)cc1. The Morgan fingerprint density at radius 1 is 1.17 bits per heavy atom. The van der Waals surface area contributed by atoms with Gasteiger partial charge in [-0.3, -0.25) is 0 Å². The summed E-state index contributed by atoms with van der Waals surface area (Å²) in [7, 11) is 0. The molecule has 6 heteroatoms. The van der Waals surface area contributed by atoms with Gasteiger partial charge in [0.2, 0.25) is 0 Å². The second kappa shape index (κ2) is 6.98. The highest BCUT2D eigenvalue weighted by Crippen LogP contribution is 2.22. The first-order chi connectivity index (χ1) is 11.1. The number of aromatic nitrogens is 1. The molecule has 0 radical (unpaired) electrons. The van der Waals surface area contributed by atoms with Crippen LogP contribution in [-0.2, 0) is 6.42 Å². The minimum atomic E-state index is -0.271. The van der Waals surface area contributed by atoms with Crippen LogP contribution in [0.5, 0.6) is 0 Å². The Bertz CT molecular complexity index is 829. The molecule has 2 aromatic carbocycles. The normalized spacial score (nSPS) is 10.7. The molecule has 118 valence electrons. The summed E-state index contributed by atoms with van der Waals surface area (Å²) in [5, 5.41) is 8.52. The molecule has 0 unspecified atom stereocenters. The van der Waals surface area contributed by atoms with Crippen LogP contribution in [0.15, 0.2) is 48.7 Å². The van der Waals surface area contributed by atoms with Gasteiger partial charge in [-0.2, -0.15) is 0 Å². The van der Waals surface area contributed by atoms with Crippen molar-refractivity contribution in [2.24, 2.45) is 0 Å². The number of rotatable bonds is 4. The number of H-pyrrole nitrogens is 1. The van der Waals surface area contributed by atoms with Gasteiger partial charge in [0.05, 0.1) is 0 Å². The lowest BCUT2D eigenvalue weighted by Crippen LogP contribution is -2.30. The fraction of sp³-hybridized carbons (Fsp3) is 0.118. The maximum Gasteiger partial charge on any atom is 0.170 e. The van der Waals surface area contributed by atoms with E-state index in [1.54, 1.807) is 12.1 Å². The van der Waals surface area contributed by atoms with Crippen molar-refractivity contribution in [1.82, 2.24) is 10.3 Å². The van der Waals surface area contributed by atoms with Gasteiger partial charge in [-0.15, -0.1) is 0 Å². The lowest BCUT2D eigenvalue weighted by atomic mass is 10.1. The third kappa shape index (κ3) is 4.00. The Balaban J connectivity index is 1.55. The highest BCUT2D eigenvalue weighted by molar-refractivity contribution is 7.80. The molecule has 1 aromatic heterocycles. The van der Waals surface area contributed by atoms with Crippen molar-refractivity contribution in [2.45, 2.75) is 6.42 Å². The average Bonchev–Trinajstić information content (AvgIpc) is 2.92. The van der Waals surface area contributed by atoms with Crippen molar-refractivity contribution in [3.63, 3.8) is 0 Å². The molecule has 0 saturated heterocycles. The van der Waals surface area contributed by atoms with Crippen molar-refractivity contribution < 1.29 is 4.39 Å². The number of aromatic amines is 1. The predicted molar refractivity (Wildman–Crippen MR) is 97.6 cm³/mol. The molecule has 0 aliphatic heterocycles. The van der Waals surface area contributed by atoms with Crippen molar-refractivity contribution in [3.05, 3.63) is 65.1 Å². The van der Waals surface area contributed by atoms with Crippen LogP contribution in [0.25, 0.3) is 10.9 Å². The van der Waals surface area contributed by atoms with Gasteiger partial charge in [0.15, 0.2) is 5.11 Å². The van der Waals surface area contributed by atoms with Gasteiger partial charge < -0.3 is 15.6 Å². The molecule has 0 spiro atoms. The van der Waals surface area contributed by atoms with E-state index in [2.05, 4.69) is 15.6 Å². The summed E-state index contributed by atoms with van der Waals surface area (Å²) in [5.41, 5.74) is 3.00. The lowest BCUT2D eigenvalue weighted by molar-refractivity contribution is 0.628. The Labute approximate surface area is 143 Å². The van der Waals surface area contributed by atoms with Gasteiger partial charge in [-0.05, 0) is 66.7 Å². The monoisotopic (exact) mass is 347 g/mol. The number of benzene rings is 2. The van der Waals surface area contributed by atoms with Crippen LogP contribution in [0.3, 0.4) is 0 Å². The van der Waals surface area contributed by atoms with Crippen LogP contribution in [-0.4, -0.2) is 16.6 Å². The van der Waals surface area contributed by atoms with Gasteiger partial charge in [0.1, 0.15) is 5.82 Å². The topological polar surface area (TPSA) is 39.8 Å². The minimum absolute atomic E-state index is 0.271. The Morgan fingerprint density at radius 2 is 1.96 bits per heavy atom. The first-order valence-corrected chi connectivity index (χ1v) is 7.96. The van der Waals surface area contributed by atoms with E-state index in [1.165, 1.54) is 17.7 Å². The zero-order valence-electron chi connectivity index (χ0n) is 12.2. The number of nitrogens with one attached hydrogen (secondary N) is 3. The fourth-order valence-electron chi connectivity index (χ4n) is 2.38. The number of halogens is 2. The zero-order valence-corrected chi connectivity index (χ0v) is 13.8. The van der Waals surface area contributed by atoms with E-state index in [0.717, 1.165) is 28.0 Å². The molecule has 3 nitrogen and oxygen atoms in total. The van der Waals surface area contributed by atoms with Crippen LogP contribution in [0, 0.1) is 5.82 Å². The summed E-state index contributed by atoms with van der Waals surface area (Å²) in [6.07, 6.45) is 2.80. The Hall–Kier alpha value is -2.11. The Morgan fingerprint density at radius 3 is 2.74 bits per heavy atom. The van der Waals surface area contributed by atoms with E-state index in [4.69, 9.17) is 23.8 Å². The molecule has 1 heterocycles. The molecule has 23 heavy (non-hydrogen) atoms. The molecule has 0 fully saturated rings. The third-order valence-corrected chi connectivity index (χ3v) is 3.99. The minimum Gasteiger partial charge on any atom is -0.362 e. The van der Waals surface area contributed by atoms with Crippen LogP contribution in [0.1, 0.15) is 5.56 Å². The molecule has 3 rings (SSSR count). The lowest BCUT2D eigenvalue weighted by Gasteiger charge is -2.10. The van der Waals surface area contributed by atoms with Gasteiger partial charge in [-0.25, -0.2) is 4.39 Å². The summed E-state index contributed by atoms with van der Waals surface area (Å²) < 4.78 is 12.9. The average molecular weight is 348 g/mol. The highest BCUT2D eigenvalue weighted by Gasteiger charge is 2.05. The van der Waals surface area contributed by atoms with Crippen molar-refractivity contribution in [3.8, 4) is 0 Å². The zero-order chi connectivity index (χ0) is 16.2. The molecule has 0 aliphatic rings. The maximum absolute atomic E-state index is 12.9. The summed E-state index contributed by atoms with van der Waals surface area (Å²) in [4.78, 5) is 3.23. The van der Waals surface area contributed by atoms with Crippen molar-refractivity contribution in [2.75, 3.05) is 11.9 Å². The van der Waals surface area contributed by atoms with Crippen LogP contribution >= 0.6 is 23.8 Å². The maximum atomic E-state index is 12.9. The number of hydrogen-bond acceptors (Lipinski definition) is 1. The highest BCUT2D eigenvalue weighted by atomic mass is 35.5. The van der Waals surface area contributed by atoms with E-state index in [9.17, 15) is 4.39 Å². The number of hydrogen-bond donors (Lipinski definition) is 3. The smallest absolute Gasteiger partial charge is 0.170 e. The molecule has 0 saturated carbocycles. The van der Waals surface area contributed by atoms with E-state index < -0.39 is 0 Å². The summed E-state index contributed by atoms with van der Waals surface area (Å²) in [5.74, 6) is -0.271. The third-order valence-electron chi connectivity index (χ3n) is 3.51. The molecule has 0 bridgehead atoms. The molecular formula is C17H15ClFN3S.